The Hall–Kier alpha value is -0.130. The first-order chi connectivity index (χ1) is 8.88. The molecule has 1 rings (SSSR count). The molecule has 5 heteroatoms. The van der Waals surface area contributed by atoms with Crippen LogP contribution in [0.1, 0.15) is 59.3 Å². The lowest BCUT2D eigenvalue weighted by Crippen LogP contribution is -2.58. The van der Waals surface area contributed by atoms with Gasteiger partial charge in [0.1, 0.15) is 0 Å². The lowest BCUT2D eigenvalue weighted by atomic mass is 9.81. The molecular weight excluding hydrogens is 260 g/mol. The van der Waals surface area contributed by atoms with Gasteiger partial charge in [-0.25, -0.2) is 8.42 Å². The quantitative estimate of drug-likeness (QED) is 0.783. The summed E-state index contributed by atoms with van der Waals surface area (Å²) in [6.07, 6.45) is 6.07. The third-order valence-electron chi connectivity index (χ3n) is 4.00. The van der Waals surface area contributed by atoms with Crippen LogP contribution in [0.4, 0.5) is 0 Å². The van der Waals surface area contributed by atoms with Crippen molar-refractivity contribution in [2.45, 2.75) is 64.8 Å². The zero-order valence-electron chi connectivity index (χ0n) is 12.7. The average Bonchev–Trinajstić information content (AvgIpc) is 2.35. The molecule has 19 heavy (non-hydrogen) atoms. The molecule has 0 aromatic carbocycles. The van der Waals surface area contributed by atoms with Gasteiger partial charge in [-0.2, -0.15) is 4.31 Å². The summed E-state index contributed by atoms with van der Waals surface area (Å²) in [4.78, 5) is 0. The van der Waals surface area contributed by atoms with Gasteiger partial charge in [0.25, 0.3) is 0 Å². The van der Waals surface area contributed by atoms with Crippen molar-refractivity contribution in [1.82, 2.24) is 4.31 Å². The van der Waals surface area contributed by atoms with E-state index in [1.165, 1.54) is 6.42 Å². The van der Waals surface area contributed by atoms with Gasteiger partial charge in [-0.05, 0) is 25.2 Å². The molecule has 0 unspecified atom stereocenters. The van der Waals surface area contributed by atoms with Crippen LogP contribution in [0.2, 0.25) is 0 Å². The normalized spacial score (nSPS) is 20.1. The topological polar surface area (TPSA) is 63.4 Å². The zero-order chi connectivity index (χ0) is 14.5. The van der Waals surface area contributed by atoms with Gasteiger partial charge >= 0.3 is 0 Å². The molecule has 0 atom stereocenters. The lowest BCUT2D eigenvalue weighted by Gasteiger charge is -2.45. The Morgan fingerprint density at radius 2 is 1.79 bits per heavy atom. The molecule has 0 aromatic rings. The van der Waals surface area contributed by atoms with Crippen LogP contribution in [0.15, 0.2) is 0 Å². The van der Waals surface area contributed by atoms with Crippen LogP contribution in [-0.2, 0) is 10.0 Å². The first-order valence-corrected chi connectivity index (χ1v) is 9.19. The second-order valence-corrected chi connectivity index (χ2v) is 8.17. The molecule has 1 saturated carbocycles. The summed E-state index contributed by atoms with van der Waals surface area (Å²) in [5, 5.41) is 0. The van der Waals surface area contributed by atoms with E-state index >= 15 is 0 Å². The predicted octanol–water partition coefficient (Wildman–Crippen LogP) is 2.35. The van der Waals surface area contributed by atoms with Crippen LogP contribution in [0.3, 0.4) is 0 Å². The summed E-state index contributed by atoms with van der Waals surface area (Å²) in [5.74, 6) is 0.386. The molecule has 0 aliphatic heterocycles. The highest BCUT2D eigenvalue weighted by Crippen LogP contribution is 2.35. The van der Waals surface area contributed by atoms with Crippen molar-refractivity contribution in [2.75, 3.05) is 18.8 Å². The van der Waals surface area contributed by atoms with E-state index in [0.717, 1.165) is 32.1 Å². The van der Waals surface area contributed by atoms with E-state index in [9.17, 15) is 8.42 Å². The Labute approximate surface area is 118 Å². The van der Waals surface area contributed by atoms with Gasteiger partial charge in [0.15, 0.2) is 0 Å². The highest BCUT2D eigenvalue weighted by atomic mass is 32.2. The summed E-state index contributed by atoms with van der Waals surface area (Å²) in [7, 11) is -3.20. The van der Waals surface area contributed by atoms with E-state index in [4.69, 9.17) is 5.73 Å². The summed E-state index contributed by atoms with van der Waals surface area (Å²) in [5.41, 5.74) is 5.67. The van der Waals surface area contributed by atoms with Crippen molar-refractivity contribution < 1.29 is 8.42 Å². The Morgan fingerprint density at radius 3 is 2.21 bits per heavy atom. The summed E-state index contributed by atoms with van der Waals surface area (Å²) >= 11 is 0. The van der Waals surface area contributed by atoms with Crippen LogP contribution in [0.5, 0.6) is 0 Å². The van der Waals surface area contributed by atoms with Gasteiger partial charge < -0.3 is 5.73 Å². The van der Waals surface area contributed by atoms with Gasteiger partial charge in [-0.3, -0.25) is 0 Å². The van der Waals surface area contributed by atoms with Crippen molar-refractivity contribution in [3.8, 4) is 0 Å². The molecule has 1 fully saturated rings. The summed E-state index contributed by atoms with van der Waals surface area (Å²) in [6, 6.07) is 0. The molecule has 0 heterocycles. The second kappa shape index (κ2) is 7.04. The van der Waals surface area contributed by atoms with Crippen LogP contribution < -0.4 is 5.73 Å². The maximum atomic E-state index is 12.7. The van der Waals surface area contributed by atoms with E-state index in [0.29, 0.717) is 13.1 Å². The van der Waals surface area contributed by atoms with Gasteiger partial charge in [-0.1, -0.05) is 40.0 Å². The van der Waals surface area contributed by atoms with E-state index in [1.54, 1.807) is 4.31 Å². The molecule has 0 spiro atoms. The minimum atomic E-state index is -3.20. The Kier molecular flexibility index (Phi) is 6.27. The number of rotatable bonds is 7. The third-order valence-corrected chi connectivity index (χ3v) is 6.33. The number of sulfonamides is 1. The third kappa shape index (κ3) is 4.17. The Bertz CT molecular complexity index is 360. The maximum absolute atomic E-state index is 12.7. The highest BCUT2D eigenvalue weighted by molar-refractivity contribution is 7.89. The fourth-order valence-electron chi connectivity index (χ4n) is 3.15. The molecule has 1 aliphatic carbocycles. The molecule has 0 amide bonds. The number of nitrogens with zero attached hydrogens (tertiary/aromatic N) is 1. The van der Waals surface area contributed by atoms with E-state index < -0.39 is 10.0 Å². The van der Waals surface area contributed by atoms with Crippen molar-refractivity contribution in [3.05, 3.63) is 0 Å². The van der Waals surface area contributed by atoms with E-state index in [1.807, 2.05) is 20.8 Å². The molecule has 2 N–H and O–H groups in total. The number of nitrogens with two attached hydrogens (primary N) is 1. The first kappa shape index (κ1) is 16.9. The molecule has 114 valence electrons. The van der Waals surface area contributed by atoms with Crippen molar-refractivity contribution in [3.63, 3.8) is 0 Å². The second-order valence-electron chi connectivity index (χ2n) is 6.23. The van der Waals surface area contributed by atoms with Crippen molar-refractivity contribution in [1.29, 1.82) is 0 Å². The number of hydrogen-bond donors (Lipinski definition) is 1. The van der Waals surface area contributed by atoms with E-state index in [2.05, 4.69) is 0 Å². The molecule has 0 radical (unpaired) electrons. The van der Waals surface area contributed by atoms with E-state index in [-0.39, 0.29) is 17.2 Å². The highest BCUT2D eigenvalue weighted by Gasteiger charge is 2.42. The summed E-state index contributed by atoms with van der Waals surface area (Å²) in [6.45, 7) is 7.00. The fourth-order valence-corrected chi connectivity index (χ4v) is 5.48. The van der Waals surface area contributed by atoms with Gasteiger partial charge in [-0.15, -0.1) is 0 Å². The molecule has 0 bridgehead atoms. The molecule has 0 saturated heterocycles. The number of hydrogen-bond acceptors (Lipinski definition) is 3. The predicted molar refractivity (Wildman–Crippen MR) is 80.5 cm³/mol. The largest absolute Gasteiger partial charge is 0.329 e. The smallest absolute Gasteiger partial charge is 0.214 e. The Morgan fingerprint density at radius 1 is 1.21 bits per heavy atom. The lowest BCUT2D eigenvalue weighted by molar-refractivity contribution is 0.135. The van der Waals surface area contributed by atoms with Crippen molar-refractivity contribution >= 4 is 10.0 Å². The van der Waals surface area contributed by atoms with Crippen molar-refractivity contribution in [2.24, 2.45) is 11.7 Å². The van der Waals surface area contributed by atoms with Gasteiger partial charge in [0, 0.05) is 18.6 Å². The first-order valence-electron chi connectivity index (χ1n) is 7.58. The monoisotopic (exact) mass is 290 g/mol. The maximum Gasteiger partial charge on any atom is 0.214 e. The Balaban J connectivity index is 3.03. The van der Waals surface area contributed by atoms with Crippen LogP contribution in [0, 0.1) is 5.92 Å². The van der Waals surface area contributed by atoms with Crippen LogP contribution >= 0.6 is 0 Å². The molecule has 4 nitrogen and oxygen atoms in total. The SMILES string of the molecule is CCCN(C1(CN)CCCCC1)S(=O)(=O)CC(C)C. The van der Waals surface area contributed by atoms with Gasteiger partial charge in [0.05, 0.1) is 5.75 Å². The van der Waals surface area contributed by atoms with Crippen LogP contribution in [-0.4, -0.2) is 37.1 Å². The molecular formula is C14H30N2O2S. The average molecular weight is 290 g/mol. The molecule has 0 aromatic heterocycles. The molecule has 1 aliphatic rings. The minimum Gasteiger partial charge on any atom is -0.329 e. The summed E-state index contributed by atoms with van der Waals surface area (Å²) < 4.78 is 27.1. The van der Waals surface area contributed by atoms with Gasteiger partial charge in [0.2, 0.25) is 10.0 Å². The zero-order valence-corrected chi connectivity index (χ0v) is 13.5. The fraction of sp³-hybridized carbons (Fsp3) is 1.00. The van der Waals surface area contributed by atoms with Crippen LogP contribution in [0.25, 0.3) is 0 Å². The standard InChI is InChI=1S/C14H30N2O2S/c1-4-10-16(19(17,18)11-13(2)3)14(12-15)8-6-5-7-9-14/h13H,4-12,15H2,1-3H3. The minimum absolute atomic E-state index is 0.155.